The summed E-state index contributed by atoms with van der Waals surface area (Å²) in [7, 11) is 1.92. The van der Waals surface area contributed by atoms with E-state index in [-0.39, 0.29) is 5.91 Å². The molecular weight excluding hydrogens is 188 g/mol. The molecule has 0 unspecified atom stereocenters. The van der Waals surface area contributed by atoms with Gasteiger partial charge in [-0.2, -0.15) is 0 Å². The van der Waals surface area contributed by atoms with Crippen molar-refractivity contribution in [2.75, 3.05) is 18.5 Å². The fourth-order valence-electron chi connectivity index (χ4n) is 2.02. The van der Waals surface area contributed by atoms with Crippen LogP contribution in [-0.2, 0) is 11.3 Å². The van der Waals surface area contributed by atoms with Crippen LogP contribution in [0.3, 0.4) is 0 Å². The number of benzene rings is 1. The van der Waals surface area contributed by atoms with Gasteiger partial charge in [-0.15, -0.1) is 0 Å². The smallest absolute Gasteiger partial charge is 0.227 e. The lowest BCUT2D eigenvalue weighted by atomic mass is 10.1. The number of carbonyl (C=O) groups is 1. The molecule has 0 atom stereocenters. The summed E-state index contributed by atoms with van der Waals surface area (Å²) in [5.74, 6) is 0.249. The molecule has 2 rings (SSSR count). The predicted octanol–water partition coefficient (Wildman–Crippen LogP) is 1.53. The second kappa shape index (κ2) is 4.45. The van der Waals surface area contributed by atoms with E-state index in [1.165, 1.54) is 5.56 Å². The fourth-order valence-corrected chi connectivity index (χ4v) is 2.02. The van der Waals surface area contributed by atoms with E-state index in [4.69, 9.17) is 0 Å². The summed E-state index contributed by atoms with van der Waals surface area (Å²) in [5.41, 5.74) is 2.25. The Hall–Kier alpha value is -1.35. The van der Waals surface area contributed by atoms with E-state index in [1.807, 2.05) is 30.1 Å². The van der Waals surface area contributed by atoms with Crippen molar-refractivity contribution in [2.24, 2.45) is 0 Å². The van der Waals surface area contributed by atoms with Crippen LogP contribution in [0.2, 0.25) is 0 Å². The molecular formula is C12H16N2O. The quantitative estimate of drug-likeness (QED) is 0.810. The number of hydrogen-bond acceptors (Lipinski definition) is 2. The van der Waals surface area contributed by atoms with Crippen molar-refractivity contribution in [3.63, 3.8) is 0 Å². The van der Waals surface area contributed by atoms with Gasteiger partial charge in [-0.1, -0.05) is 18.2 Å². The Bertz CT molecular complexity index is 362. The highest BCUT2D eigenvalue weighted by atomic mass is 16.2. The summed E-state index contributed by atoms with van der Waals surface area (Å²) in [6.45, 7) is 1.67. The molecule has 80 valence electrons. The van der Waals surface area contributed by atoms with Crippen LogP contribution in [0.5, 0.6) is 0 Å². The van der Waals surface area contributed by atoms with Crippen molar-refractivity contribution in [3.8, 4) is 0 Å². The normalized spacial score (nSPS) is 16.1. The van der Waals surface area contributed by atoms with Gasteiger partial charge in [-0.3, -0.25) is 4.79 Å². The Kier molecular flexibility index (Phi) is 3.02. The number of nitrogens with zero attached hydrogens (tertiary/aromatic N) is 1. The maximum absolute atomic E-state index is 11.6. The van der Waals surface area contributed by atoms with Crippen molar-refractivity contribution in [1.29, 1.82) is 0 Å². The molecule has 1 heterocycles. The minimum atomic E-state index is 0.249. The average molecular weight is 204 g/mol. The van der Waals surface area contributed by atoms with Gasteiger partial charge >= 0.3 is 0 Å². The topological polar surface area (TPSA) is 32.3 Å². The SMILES string of the molecule is CNCc1ccccc1N1CCCC1=O. The van der Waals surface area contributed by atoms with E-state index < -0.39 is 0 Å². The molecule has 1 aliphatic rings. The molecule has 0 bridgehead atoms. The largest absolute Gasteiger partial charge is 0.316 e. The lowest BCUT2D eigenvalue weighted by Gasteiger charge is -2.19. The Morgan fingerprint density at radius 3 is 2.87 bits per heavy atom. The van der Waals surface area contributed by atoms with Gasteiger partial charge in [0.25, 0.3) is 0 Å². The van der Waals surface area contributed by atoms with Crippen LogP contribution >= 0.6 is 0 Å². The first-order valence-corrected chi connectivity index (χ1v) is 5.36. The van der Waals surface area contributed by atoms with Crippen LogP contribution in [0.15, 0.2) is 24.3 Å². The molecule has 1 saturated heterocycles. The molecule has 15 heavy (non-hydrogen) atoms. The zero-order valence-electron chi connectivity index (χ0n) is 8.99. The number of hydrogen-bond donors (Lipinski definition) is 1. The molecule has 1 aromatic rings. The number of rotatable bonds is 3. The fraction of sp³-hybridized carbons (Fsp3) is 0.417. The highest BCUT2D eigenvalue weighted by Gasteiger charge is 2.23. The van der Waals surface area contributed by atoms with Gasteiger partial charge in [0.1, 0.15) is 0 Å². The van der Waals surface area contributed by atoms with E-state index in [0.717, 1.165) is 25.2 Å². The molecule has 1 fully saturated rings. The van der Waals surface area contributed by atoms with Crippen LogP contribution in [-0.4, -0.2) is 19.5 Å². The molecule has 0 aromatic heterocycles. The van der Waals surface area contributed by atoms with Gasteiger partial charge in [0, 0.05) is 25.2 Å². The minimum Gasteiger partial charge on any atom is -0.316 e. The summed E-state index contributed by atoms with van der Waals surface area (Å²) < 4.78 is 0. The highest BCUT2D eigenvalue weighted by Crippen LogP contribution is 2.25. The predicted molar refractivity (Wildman–Crippen MR) is 60.8 cm³/mol. The Balaban J connectivity index is 2.29. The molecule has 0 spiro atoms. The number of amides is 1. The monoisotopic (exact) mass is 204 g/mol. The van der Waals surface area contributed by atoms with E-state index in [1.54, 1.807) is 0 Å². The number of para-hydroxylation sites is 1. The van der Waals surface area contributed by atoms with Crippen molar-refractivity contribution in [1.82, 2.24) is 5.32 Å². The summed E-state index contributed by atoms with van der Waals surface area (Å²) in [4.78, 5) is 13.5. The Morgan fingerprint density at radius 2 is 2.20 bits per heavy atom. The molecule has 0 saturated carbocycles. The molecule has 1 amide bonds. The molecule has 1 aromatic carbocycles. The van der Waals surface area contributed by atoms with Gasteiger partial charge in [0.05, 0.1) is 0 Å². The third-order valence-corrected chi connectivity index (χ3v) is 2.72. The lowest BCUT2D eigenvalue weighted by Crippen LogP contribution is -2.25. The third-order valence-electron chi connectivity index (χ3n) is 2.72. The summed E-state index contributed by atoms with van der Waals surface area (Å²) >= 11 is 0. The molecule has 3 heteroatoms. The van der Waals surface area contributed by atoms with Crippen molar-refractivity contribution < 1.29 is 4.79 Å². The number of nitrogens with one attached hydrogen (secondary N) is 1. The number of anilines is 1. The first-order chi connectivity index (χ1) is 7.33. The maximum Gasteiger partial charge on any atom is 0.227 e. The van der Waals surface area contributed by atoms with Crippen LogP contribution in [0.1, 0.15) is 18.4 Å². The van der Waals surface area contributed by atoms with Gasteiger partial charge in [0.15, 0.2) is 0 Å². The molecule has 0 radical (unpaired) electrons. The first kappa shape index (κ1) is 10.2. The zero-order chi connectivity index (χ0) is 10.7. The summed E-state index contributed by atoms with van der Waals surface area (Å²) in [5, 5.41) is 3.12. The third kappa shape index (κ3) is 2.02. The van der Waals surface area contributed by atoms with E-state index in [0.29, 0.717) is 6.42 Å². The molecule has 0 aliphatic carbocycles. The number of carbonyl (C=O) groups excluding carboxylic acids is 1. The standard InChI is InChI=1S/C12H16N2O/c1-13-9-10-5-2-3-6-11(10)14-8-4-7-12(14)15/h2-3,5-6,13H,4,7-9H2,1H3. The van der Waals surface area contributed by atoms with Crippen LogP contribution in [0, 0.1) is 0 Å². The van der Waals surface area contributed by atoms with Gasteiger partial charge in [-0.25, -0.2) is 0 Å². The van der Waals surface area contributed by atoms with Gasteiger partial charge < -0.3 is 10.2 Å². The second-order valence-corrected chi connectivity index (χ2v) is 3.81. The molecule has 1 aliphatic heterocycles. The van der Waals surface area contributed by atoms with Crippen LogP contribution in [0.4, 0.5) is 5.69 Å². The van der Waals surface area contributed by atoms with E-state index in [9.17, 15) is 4.79 Å². The molecule has 1 N–H and O–H groups in total. The zero-order valence-corrected chi connectivity index (χ0v) is 8.99. The first-order valence-electron chi connectivity index (χ1n) is 5.36. The van der Waals surface area contributed by atoms with Crippen molar-refractivity contribution in [3.05, 3.63) is 29.8 Å². The van der Waals surface area contributed by atoms with Gasteiger partial charge in [-0.05, 0) is 25.1 Å². The summed E-state index contributed by atoms with van der Waals surface area (Å²) in [6.07, 6.45) is 1.67. The van der Waals surface area contributed by atoms with Gasteiger partial charge in [0.2, 0.25) is 5.91 Å². The van der Waals surface area contributed by atoms with E-state index in [2.05, 4.69) is 11.4 Å². The lowest BCUT2D eigenvalue weighted by molar-refractivity contribution is -0.117. The van der Waals surface area contributed by atoms with Crippen molar-refractivity contribution in [2.45, 2.75) is 19.4 Å². The van der Waals surface area contributed by atoms with Crippen molar-refractivity contribution >= 4 is 11.6 Å². The highest BCUT2D eigenvalue weighted by molar-refractivity contribution is 5.96. The molecule has 3 nitrogen and oxygen atoms in total. The second-order valence-electron chi connectivity index (χ2n) is 3.81. The van der Waals surface area contributed by atoms with Crippen LogP contribution in [0.25, 0.3) is 0 Å². The maximum atomic E-state index is 11.6. The Labute approximate surface area is 90.1 Å². The summed E-state index contributed by atoms with van der Waals surface area (Å²) in [6, 6.07) is 8.09. The minimum absolute atomic E-state index is 0.249. The van der Waals surface area contributed by atoms with Crippen LogP contribution < -0.4 is 10.2 Å². The Morgan fingerprint density at radius 1 is 1.40 bits per heavy atom. The average Bonchev–Trinajstić information content (AvgIpc) is 2.66. The van der Waals surface area contributed by atoms with E-state index >= 15 is 0 Å².